The van der Waals surface area contributed by atoms with E-state index >= 15 is 0 Å². The number of hydrogen-bond acceptors (Lipinski definition) is 4. The molecule has 22 heavy (non-hydrogen) atoms. The molecule has 118 valence electrons. The van der Waals surface area contributed by atoms with Gasteiger partial charge in [0.2, 0.25) is 0 Å². The average molecular weight is 301 g/mol. The van der Waals surface area contributed by atoms with E-state index in [1.165, 1.54) is 12.7 Å². The molecule has 3 rings (SSSR count). The first-order valence-corrected chi connectivity index (χ1v) is 7.94. The predicted octanol–water partition coefficient (Wildman–Crippen LogP) is 2.74. The quantitative estimate of drug-likeness (QED) is 0.784. The van der Waals surface area contributed by atoms with Crippen LogP contribution in [0.2, 0.25) is 0 Å². The van der Waals surface area contributed by atoms with Crippen LogP contribution in [0.1, 0.15) is 24.8 Å². The monoisotopic (exact) mass is 301 g/mol. The lowest BCUT2D eigenvalue weighted by atomic mass is 9.82. The van der Waals surface area contributed by atoms with E-state index in [4.69, 9.17) is 9.47 Å². The summed E-state index contributed by atoms with van der Waals surface area (Å²) in [6.07, 6.45) is 4.90. The van der Waals surface area contributed by atoms with E-state index in [0.29, 0.717) is 0 Å². The molecule has 0 atom stereocenters. The number of esters is 1. The van der Waals surface area contributed by atoms with Crippen molar-refractivity contribution in [1.29, 1.82) is 0 Å². The zero-order valence-corrected chi connectivity index (χ0v) is 13.0. The summed E-state index contributed by atoms with van der Waals surface area (Å²) in [6.45, 7) is 2.93. The van der Waals surface area contributed by atoms with Crippen molar-refractivity contribution in [3.63, 3.8) is 0 Å². The normalized spacial score (nSPS) is 25.0. The van der Waals surface area contributed by atoms with E-state index in [2.05, 4.69) is 35.2 Å². The minimum atomic E-state index is -0.105. The van der Waals surface area contributed by atoms with Crippen molar-refractivity contribution in [3.8, 4) is 0 Å². The Labute approximate surface area is 131 Å². The van der Waals surface area contributed by atoms with Crippen molar-refractivity contribution in [3.05, 3.63) is 47.7 Å². The van der Waals surface area contributed by atoms with Gasteiger partial charge in [-0.1, -0.05) is 30.3 Å². The third kappa shape index (κ3) is 3.69. The molecule has 0 unspecified atom stereocenters. The molecule has 1 aliphatic carbocycles. The second-order valence-corrected chi connectivity index (χ2v) is 6.07. The molecular formula is C18H23NO3. The number of ether oxygens (including phenoxy) is 2. The van der Waals surface area contributed by atoms with E-state index in [1.807, 2.05) is 6.07 Å². The van der Waals surface area contributed by atoms with Crippen LogP contribution in [0.25, 0.3) is 0 Å². The first-order valence-electron chi connectivity index (χ1n) is 7.94. The van der Waals surface area contributed by atoms with Crippen LogP contribution in [-0.2, 0) is 20.8 Å². The Morgan fingerprint density at radius 3 is 2.68 bits per heavy atom. The molecule has 0 spiro atoms. The third-order valence-electron chi connectivity index (χ3n) is 4.45. The fraction of sp³-hybridized carbons (Fsp3) is 0.500. The Morgan fingerprint density at radius 2 is 2.05 bits per heavy atom. The SMILES string of the molecule is COC(=O)C1CC(OC2=CCN(Cc3ccccc3)CC2)C1. The first kappa shape index (κ1) is 15.1. The van der Waals surface area contributed by atoms with Gasteiger partial charge in [0.15, 0.2) is 0 Å². The summed E-state index contributed by atoms with van der Waals surface area (Å²) >= 11 is 0. The molecule has 1 aromatic carbocycles. The summed E-state index contributed by atoms with van der Waals surface area (Å²) in [5.74, 6) is 1.01. The van der Waals surface area contributed by atoms with Gasteiger partial charge in [-0.15, -0.1) is 0 Å². The predicted molar refractivity (Wildman–Crippen MR) is 84.0 cm³/mol. The van der Waals surface area contributed by atoms with Crippen molar-refractivity contribution in [2.75, 3.05) is 20.2 Å². The van der Waals surface area contributed by atoms with E-state index < -0.39 is 0 Å². The van der Waals surface area contributed by atoms with Crippen molar-refractivity contribution < 1.29 is 14.3 Å². The van der Waals surface area contributed by atoms with Gasteiger partial charge in [0.25, 0.3) is 0 Å². The van der Waals surface area contributed by atoms with Gasteiger partial charge in [0.1, 0.15) is 0 Å². The molecule has 1 heterocycles. The number of benzene rings is 1. The van der Waals surface area contributed by atoms with Crippen LogP contribution in [0.5, 0.6) is 0 Å². The molecule has 1 aromatic rings. The topological polar surface area (TPSA) is 38.8 Å². The summed E-state index contributed by atoms with van der Waals surface area (Å²) in [6, 6.07) is 10.5. The molecule has 1 aliphatic heterocycles. The van der Waals surface area contributed by atoms with Gasteiger partial charge in [-0.05, 0) is 24.5 Å². The molecule has 0 radical (unpaired) electrons. The lowest BCUT2D eigenvalue weighted by Crippen LogP contribution is -2.38. The molecule has 2 aliphatic rings. The van der Waals surface area contributed by atoms with Crippen LogP contribution in [0.4, 0.5) is 0 Å². The van der Waals surface area contributed by atoms with E-state index in [1.54, 1.807) is 0 Å². The smallest absolute Gasteiger partial charge is 0.308 e. The Hall–Kier alpha value is -1.81. The molecule has 4 heteroatoms. The Bertz CT molecular complexity index is 535. The minimum Gasteiger partial charge on any atom is -0.495 e. The summed E-state index contributed by atoms with van der Waals surface area (Å²) < 4.78 is 10.7. The first-order chi connectivity index (χ1) is 10.7. The highest BCUT2D eigenvalue weighted by molar-refractivity contribution is 5.73. The lowest BCUT2D eigenvalue weighted by Gasteiger charge is -2.35. The summed E-state index contributed by atoms with van der Waals surface area (Å²) in [4.78, 5) is 13.8. The molecule has 0 aromatic heterocycles. The van der Waals surface area contributed by atoms with Crippen LogP contribution in [0.3, 0.4) is 0 Å². The number of rotatable bonds is 5. The molecule has 1 saturated carbocycles. The largest absolute Gasteiger partial charge is 0.495 e. The highest BCUT2D eigenvalue weighted by Crippen LogP contribution is 2.33. The maximum Gasteiger partial charge on any atom is 0.308 e. The van der Waals surface area contributed by atoms with Crippen LogP contribution < -0.4 is 0 Å². The molecule has 0 N–H and O–H groups in total. The third-order valence-corrected chi connectivity index (χ3v) is 4.45. The second kappa shape index (κ2) is 6.97. The fourth-order valence-electron chi connectivity index (χ4n) is 3.02. The van der Waals surface area contributed by atoms with Gasteiger partial charge in [-0.25, -0.2) is 0 Å². The van der Waals surface area contributed by atoms with Gasteiger partial charge < -0.3 is 9.47 Å². The van der Waals surface area contributed by atoms with E-state index in [-0.39, 0.29) is 18.0 Å². The van der Waals surface area contributed by atoms with Gasteiger partial charge in [0.05, 0.1) is 24.9 Å². The maximum absolute atomic E-state index is 11.3. The zero-order chi connectivity index (χ0) is 15.4. The van der Waals surface area contributed by atoms with E-state index in [0.717, 1.165) is 44.7 Å². The van der Waals surface area contributed by atoms with Crippen molar-refractivity contribution in [2.45, 2.75) is 31.9 Å². The summed E-state index contributed by atoms with van der Waals surface area (Å²) in [7, 11) is 1.45. The van der Waals surface area contributed by atoms with Crippen LogP contribution in [-0.4, -0.2) is 37.2 Å². The van der Waals surface area contributed by atoms with Crippen LogP contribution in [0, 0.1) is 5.92 Å². The number of carbonyl (C=O) groups excluding carboxylic acids is 1. The number of hydrogen-bond donors (Lipinski definition) is 0. The maximum atomic E-state index is 11.3. The summed E-state index contributed by atoms with van der Waals surface area (Å²) in [5.41, 5.74) is 1.35. The molecule has 0 bridgehead atoms. The standard InChI is InChI=1S/C18H23NO3/c1-21-18(20)15-11-17(12-15)22-16-7-9-19(10-8-16)13-14-5-3-2-4-6-14/h2-7,15,17H,8-13H2,1H3. The molecule has 4 nitrogen and oxygen atoms in total. The fourth-order valence-corrected chi connectivity index (χ4v) is 3.02. The van der Waals surface area contributed by atoms with Crippen molar-refractivity contribution in [2.24, 2.45) is 5.92 Å². The Kier molecular flexibility index (Phi) is 4.78. The Morgan fingerprint density at radius 1 is 1.27 bits per heavy atom. The molecule has 0 saturated heterocycles. The van der Waals surface area contributed by atoms with Gasteiger partial charge in [-0.2, -0.15) is 0 Å². The minimum absolute atomic E-state index is 0.0359. The number of nitrogens with zero attached hydrogens (tertiary/aromatic N) is 1. The lowest BCUT2D eigenvalue weighted by molar-refractivity contribution is -0.153. The second-order valence-electron chi connectivity index (χ2n) is 6.07. The highest BCUT2D eigenvalue weighted by Gasteiger charge is 2.37. The number of methoxy groups -OCH3 is 1. The number of carbonyl (C=O) groups is 1. The van der Waals surface area contributed by atoms with Crippen LogP contribution >= 0.6 is 0 Å². The van der Waals surface area contributed by atoms with Gasteiger partial charge in [-0.3, -0.25) is 9.69 Å². The zero-order valence-electron chi connectivity index (χ0n) is 13.0. The highest BCUT2D eigenvalue weighted by atomic mass is 16.5. The van der Waals surface area contributed by atoms with Crippen LogP contribution in [0.15, 0.2) is 42.2 Å². The molecule has 0 amide bonds. The summed E-state index contributed by atoms with van der Waals surface area (Å²) in [5, 5.41) is 0. The molecule has 1 fully saturated rings. The van der Waals surface area contributed by atoms with Gasteiger partial charge >= 0.3 is 5.97 Å². The van der Waals surface area contributed by atoms with Crippen molar-refractivity contribution in [1.82, 2.24) is 4.90 Å². The molecular weight excluding hydrogens is 278 g/mol. The average Bonchev–Trinajstić information content (AvgIpc) is 2.52. The van der Waals surface area contributed by atoms with Gasteiger partial charge in [0, 0.05) is 26.1 Å². The van der Waals surface area contributed by atoms with Crippen molar-refractivity contribution >= 4 is 5.97 Å². The Balaban J connectivity index is 1.42. The van der Waals surface area contributed by atoms with E-state index in [9.17, 15) is 4.79 Å².